The van der Waals surface area contributed by atoms with E-state index in [0.717, 1.165) is 67.1 Å². The number of allylic oxidation sites excluding steroid dienone is 1. The molecule has 0 bridgehead atoms. The van der Waals surface area contributed by atoms with E-state index in [9.17, 15) is 4.79 Å². The zero-order valence-electron chi connectivity index (χ0n) is 28.0. The fraction of sp³-hybridized carbons (Fsp3) is 0.615. The lowest BCUT2D eigenvalue weighted by Crippen LogP contribution is -2.39. The molecule has 0 aromatic heterocycles. The van der Waals surface area contributed by atoms with E-state index in [1.807, 2.05) is 6.07 Å². The van der Waals surface area contributed by atoms with Gasteiger partial charge in [-0.2, -0.15) is 0 Å². The topological polar surface area (TPSA) is 41.1 Å². The average Bonchev–Trinajstić information content (AvgIpc) is 3.07. The molecule has 2 aromatic rings. The smallest absolute Gasteiger partial charge is 0.230 e. The van der Waals surface area contributed by atoms with Gasteiger partial charge in [-0.1, -0.05) is 144 Å². The predicted octanol–water partition coefficient (Wildman–Crippen LogP) is 12.9. The van der Waals surface area contributed by atoms with Crippen LogP contribution in [0.15, 0.2) is 70.6 Å². The number of hydrogen-bond donors (Lipinski definition) is 2. The molecule has 2 aliphatic rings. The zero-order valence-corrected chi connectivity index (χ0v) is 29.7. The maximum atomic E-state index is 14.0. The van der Waals surface area contributed by atoms with Gasteiger partial charge in [-0.15, -0.1) is 0 Å². The number of anilines is 2. The summed E-state index contributed by atoms with van der Waals surface area (Å²) in [5.74, 6) is 1.59. The van der Waals surface area contributed by atoms with Crippen molar-refractivity contribution >= 4 is 38.9 Å². The van der Waals surface area contributed by atoms with E-state index in [4.69, 9.17) is 0 Å². The molecule has 4 rings (SSSR count). The standard InChI is InChI=1S/C39H58N2OS2/c1-6-31(7-2)28-38(24-16-10-17-25-38)30(5)40-33-20-12-14-22-35(33)43-44-36-23-15-13-21-34(36)41-37(42)39(26-18-11-19-27-39)29-32(8-3)9-4/h12-15,20-23,31-32,40H,5-11,16-19,24-29H2,1-4H3,(H,41,42). The molecule has 0 radical (unpaired) electrons. The largest absolute Gasteiger partial charge is 0.358 e. The summed E-state index contributed by atoms with van der Waals surface area (Å²) in [6, 6.07) is 17.0. The minimum absolute atomic E-state index is 0.181. The van der Waals surface area contributed by atoms with Crippen molar-refractivity contribution < 1.29 is 4.79 Å². The Kier molecular flexibility index (Phi) is 13.7. The molecule has 3 nitrogen and oxygen atoms in total. The Bertz CT molecular complexity index is 1100. The Morgan fingerprint density at radius 2 is 1.07 bits per heavy atom. The van der Waals surface area contributed by atoms with Gasteiger partial charge >= 0.3 is 0 Å². The Morgan fingerprint density at radius 1 is 0.659 bits per heavy atom. The first kappa shape index (κ1) is 35.0. The number of amides is 1. The summed E-state index contributed by atoms with van der Waals surface area (Å²) >= 11 is 0. The Balaban J connectivity index is 1.48. The van der Waals surface area contributed by atoms with Crippen molar-refractivity contribution in [3.05, 3.63) is 60.8 Å². The van der Waals surface area contributed by atoms with Crippen LogP contribution in [-0.2, 0) is 4.79 Å². The molecule has 0 spiro atoms. The molecule has 0 saturated heterocycles. The van der Waals surface area contributed by atoms with E-state index in [-0.39, 0.29) is 16.7 Å². The highest BCUT2D eigenvalue weighted by Gasteiger charge is 2.41. The van der Waals surface area contributed by atoms with Crippen LogP contribution in [0, 0.1) is 22.7 Å². The second-order valence-corrected chi connectivity index (χ2v) is 15.9. The van der Waals surface area contributed by atoms with E-state index in [2.05, 4.69) is 87.4 Å². The first-order valence-corrected chi connectivity index (χ1v) is 19.8. The Morgan fingerprint density at radius 3 is 1.55 bits per heavy atom. The quantitative estimate of drug-likeness (QED) is 0.180. The third kappa shape index (κ3) is 8.90. The highest BCUT2D eigenvalue weighted by atomic mass is 33.1. The maximum Gasteiger partial charge on any atom is 0.230 e. The molecular weight excluding hydrogens is 577 g/mol. The molecular formula is C39H58N2OS2. The monoisotopic (exact) mass is 634 g/mol. The molecule has 242 valence electrons. The van der Waals surface area contributed by atoms with Crippen LogP contribution < -0.4 is 10.6 Å². The van der Waals surface area contributed by atoms with Crippen LogP contribution in [0.5, 0.6) is 0 Å². The summed E-state index contributed by atoms with van der Waals surface area (Å²) in [5, 5.41) is 7.27. The molecule has 0 aliphatic heterocycles. The number of rotatable bonds is 16. The van der Waals surface area contributed by atoms with Crippen molar-refractivity contribution in [3.63, 3.8) is 0 Å². The Labute approximate surface area is 277 Å². The van der Waals surface area contributed by atoms with Crippen molar-refractivity contribution in [2.45, 2.75) is 140 Å². The molecule has 0 atom stereocenters. The summed E-state index contributed by atoms with van der Waals surface area (Å²) in [6.07, 6.45) is 19.0. The lowest BCUT2D eigenvalue weighted by atomic mass is 9.66. The molecule has 2 aromatic carbocycles. The molecule has 0 unspecified atom stereocenters. The first-order chi connectivity index (χ1) is 21.4. The molecule has 2 saturated carbocycles. The normalized spacial score (nSPS) is 17.9. The van der Waals surface area contributed by atoms with Crippen LogP contribution >= 0.6 is 21.6 Å². The summed E-state index contributed by atoms with van der Waals surface area (Å²) in [6.45, 7) is 13.9. The number of benzene rings is 2. The fourth-order valence-electron chi connectivity index (χ4n) is 7.79. The van der Waals surface area contributed by atoms with Crippen LogP contribution in [0.4, 0.5) is 11.4 Å². The lowest BCUT2D eigenvalue weighted by Gasteiger charge is -2.42. The van der Waals surface area contributed by atoms with Gasteiger partial charge in [0.05, 0.1) is 11.4 Å². The van der Waals surface area contributed by atoms with E-state index >= 15 is 0 Å². The van der Waals surface area contributed by atoms with Gasteiger partial charge < -0.3 is 10.6 Å². The van der Waals surface area contributed by atoms with Gasteiger partial charge in [0.2, 0.25) is 5.91 Å². The first-order valence-electron chi connectivity index (χ1n) is 17.7. The van der Waals surface area contributed by atoms with Crippen molar-refractivity contribution in [2.24, 2.45) is 22.7 Å². The summed E-state index contributed by atoms with van der Waals surface area (Å²) in [5.41, 5.74) is 3.22. The SMILES string of the molecule is C=C(Nc1ccccc1SSc1ccccc1NC(=O)C1(CC(CC)CC)CCCCC1)C1(CC(CC)CC)CCCCC1. The maximum absolute atomic E-state index is 14.0. The predicted molar refractivity (Wildman–Crippen MR) is 194 cm³/mol. The number of hydrogen-bond acceptors (Lipinski definition) is 4. The summed E-state index contributed by atoms with van der Waals surface area (Å²) in [7, 11) is 3.50. The number of carbonyl (C=O) groups excluding carboxylic acids is 1. The van der Waals surface area contributed by atoms with Crippen LogP contribution in [0.3, 0.4) is 0 Å². The van der Waals surface area contributed by atoms with Gasteiger partial charge in [-0.25, -0.2) is 0 Å². The third-order valence-electron chi connectivity index (χ3n) is 10.9. The number of nitrogens with one attached hydrogen (secondary N) is 2. The zero-order chi connectivity index (χ0) is 31.4. The minimum atomic E-state index is -0.236. The van der Waals surface area contributed by atoms with Gasteiger partial charge in [0, 0.05) is 26.3 Å². The third-order valence-corrected chi connectivity index (χ3v) is 13.4. The van der Waals surface area contributed by atoms with Gasteiger partial charge in [0.15, 0.2) is 0 Å². The molecule has 2 aliphatic carbocycles. The van der Waals surface area contributed by atoms with Gasteiger partial charge in [0.1, 0.15) is 0 Å². The van der Waals surface area contributed by atoms with Crippen molar-refractivity contribution in [1.82, 2.24) is 0 Å². The Hall–Kier alpha value is -1.85. The van der Waals surface area contributed by atoms with Crippen LogP contribution in [-0.4, -0.2) is 5.91 Å². The van der Waals surface area contributed by atoms with E-state index in [0.29, 0.717) is 5.92 Å². The molecule has 2 fully saturated rings. The summed E-state index contributed by atoms with van der Waals surface area (Å²) < 4.78 is 0. The second-order valence-electron chi connectivity index (χ2n) is 13.7. The highest BCUT2D eigenvalue weighted by Crippen LogP contribution is 2.50. The highest BCUT2D eigenvalue weighted by molar-refractivity contribution is 8.76. The molecule has 2 N–H and O–H groups in total. The van der Waals surface area contributed by atoms with E-state index < -0.39 is 0 Å². The van der Waals surface area contributed by atoms with Crippen LogP contribution in [0.2, 0.25) is 0 Å². The second kappa shape index (κ2) is 17.2. The van der Waals surface area contributed by atoms with Gasteiger partial charge in [0.25, 0.3) is 0 Å². The number of carbonyl (C=O) groups is 1. The average molecular weight is 635 g/mol. The van der Waals surface area contributed by atoms with Gasteiger partial charge in [-0.3, -0.25) is 4.79 Å². The van der Waals surface area contributed by atoms with Crippen molar-refractivity contribution in [3.8, 4) is 0 Å². The van der Waals surface area contributed by atoms with Crippen LogP contribution in [0.25, 0.3) is 0 Å². The molecule has 0 heterocycles. The van der Waals surface area contributed by atoms with Crippen molar-refractivity contribution in [2.75, 3.05) is 10.6 Å². The van der Waals surface area contributed by atoms with E-state index in [1.165, 1.54) is 68.4 Å². The lowest BCUT2D eigenvalue weighted by molar-refractivity contribution is -0.128. The van der Waals surface area contributed by atoms with Crippen LogP contribution in [0.1, 0.15) is 130 Å². The van der Waals surface area contributed by atoms with E-state index in [1.54, 1.807) is 21.6 Å². The van der Waals surface area contributed by atoms with Gasteiger partial charge in [-0.05, 0) is 74.6 Å². The number of para-hydroxylation sites is 2. The molecule has 1 amide bonds. The summed E-state index contributed by atoms with van der Waals surface area (Å²) in [4.78, 5) is 16.3. The minimum Gasteiger partial charge on any atom is -0.358 e. The fourth-order valence-corrected chi connectivity index (χ4v) is 10.1. The van der Waals surface area contributed by atoms with Crippen molar-refractivity contribution in [1.29, 1.82) is 0 Å². The molecule has 5 heteroatoms. The molecule has 44 heavy (non-hydrogen) atoms.